The molecule has 0 unspecified atom stereocenters. The summed E-state index contributed by atoms with van der Waals surface area (Å²) in [6.45, 7) is 6.57. The third kappa shape index (κ3) is 3.53. The number of benzene rings is 4. The molecule has 0 radical (unpaired) electrons. The summed E-state index contributed by atoms with van der Waals surface area (Å²) in [6.07, 6.45) is -2.69. The average molecular weight is 519 g/mol. The molecule has 0 spiro atoms. The Hall–Kier alpha value is -4.38. The lowest BCUT2D eigenvalue weighted by atomic mass is 9.82. The molecule has 0 aliphatic carbocycles. The van der Waals surface area contributed by atoms with Crippen molar-refractivity contribution in [3.8, 4) is 44.9 Å². The molecular formula is C34H25F3N2. The lowest BCUT2D eigenvalue weighted by Gasteiger charge is -2.23. The molecule has 6 aromatic rings. The van der Waals surface area contributed by atoms with Crippen LogP contribution in [0.3, 0.4) is 0 Å². The number of fused-ring (bicyclic) bond motifs is 6. The summed E-state index contributed by atoms with van der Waals surface area (Å²) < 4.78 is 45.1. The third-order valence-corrected chi connectivity index (χ3v) is 7.74. The van der Waals surface area contributed by atoms with Crippen LogP contribution in [0.5, 0.6) is 0 Å². The van der Waals surface area contributed by atoms with Crippen molar-refractivity contribution >= 4 is 16.3 Å². The number of hydrogen-bond donors (Lipinski definition) is 0. The highest BCUT2D eigenvalue weighted by Gasteiger charge is 2.37. The minimum Gasteiger partial charge on any atom is -0.305 e. The first-order chi connectivity index (χ1) is 18.6. The van der Waals surface area contributed by atoms with Crippen molar-refractivity contribution < 1.29 is 13.2 Å². The lowest BCUT2D eigenvalue weighted by Crippen LogP contribution is -2.12. The molecular weight excluding hydrogens is 493 g/mol. The summed E-state index contributed by atoms with van der Waals surface area (Å²) in [5.74, 6) is 0. The molecule has 0 saturated heterocycles. The van der Waals surface area contributed by atoms with Crippen LogP contribution in [0.15, 0.2) is 97.2 Å². The number of rotatable bonds is 1. The lowest BCUT2D eigenvalue weighted by molar-refractivity contribution is -0.137. The Labute approximate surface area is 224 Å². The molecule has 2 aromatic heterocycles. The van der Waals surface area contributed by atoms with Crippen LogP contribution in [0.4, 0.5) is 13.2 Å². The van der Waals surface area contributed by atoms with E-state index in [-0.39, 0.29) is 11.0 Å². The molecule has 1 aliphatic heterocycles. The molecule has 1 aliphatic rings. The predicted octanol–water partition coefficient (Wildman–Crippen LogP) is 9.79. The van der Waals surface area contributed by atoms with E-state index in [2.05, 4.69) is 45.0 Å². The van der Waals surface area contributed by atoms with Crippen LogP contribution in [-0.4, -0.2) is 9.38 Å². The van der Waals surface area contributed by atoms with Crippen LogP contribution in [0, 0.1) is 0 Å². The zero-order valence-electron chi connectivity index (χ0n) is 21.8. The van der Waals surface area contributed by atoms with Gasteiger partial charge in [0.15, 0.2) is 0 Å². The molecule has 0 atom stereocenters. The zero-order valence-corrected chi connectivity index (χ0v) is 21.8. The highest BCUT2D eigenvalue weighted by Crippen LogP contribution is 2.49. The number of alkyl halides is 3. The summed E-state index contributed by atoms with van der Waals surface area (Å²) in [5, 5.41) is 2.29. The van der Waals surface area contributed by atoms with E-state index in [0.717, 1.165) is 39.0 Å². The van der Waals surface area contributed by atoms with Gasteiger partial charge in [-0.1, -0.05) is 81.4 Å². The van der Waals surface area contributed by atoms with E-state index >= 15 is 0 Å². The van der Waals surface area contributed by atoms with Gasteiger partial charge in [-0.15, -0.1) is 0 Å². The maximum Gasteiger partial charge on any atom is 0.417 e. The Morgan fingerprint density at radius 1 is 0.667 bits per heavy atom. The summed E-state index contributed by atoms with van der Waals surface area (Å²) in [5.41, 5.74) is 6.57. The van der Waals surface area contributed by atoms with E-state index in [1.807, 2.05) is 46.9 Å². The third-order valence-electron chi connectivity index (χ3n) is 7.74. The first kappa shape index (κ1) is 23.7. The fourth-order valence-electron chi connectivity index (χ4n) is 6.04. The molecule has 192 valence electrons. The van der Waals surface area contributed by atoms with Crippen LogP contribution in [0.1, 0.15) is 31.9 Å². The summed E-state index contributed by atoms with van der Waals surface area (Å²) >= 11 is 0. The molecule has 0 bridgehead atoms. The van der Waals surface area contributed by atoms with Crippen LogP contribution in [0.2, 0.25) is 0 Å². The van der Waals surface area contributed by atoms with E-state index in [4.69, 9.17) is 4.98 Å². The topological polar surface area (TPSA) is 17.3 Å². The van der Waals surface area contributed by atoms with Crippen molar-refractivity contribution in [2.75, 3.05) is 0 Å². The summed E-state index contributed by atoms with van der Waals surface area (Å²) in [6, 6.07) is 28.4. The van der Waals surface area contributed by atoms with Gasteiger partial charge in [0.1, 0.15) is 0 Å². The van der Waals surface area contributed by atoms with E-state index < -0.39 is 11.7 Å². The number of halogens is 3. The van der Waals surface area contributed by atoms with Gasteiger partial charge >= 0.3 is 6.18 Å². The van der Waals surface area contributed by atoms with E-state index in [1.54, 1.807) is 18.3 Å². The Morgan fingerprint density at radius 2 is 1.38 bits per heavy atom. The second-order valence-corrected chi connectivity index (χ2v) is 11.2. The normalized spacial score (nSPS) is 12.9. The van der Waals surface area contributed by atoms with Gasteiger partial charge in [-0.2, -0.15) is 13.2 Å². The quantitative estimate of drug-likeness (QED) is 0.211. The maximum atomic E-state index is 14.4. The van der Waals surface area contributed by atoms with Crippen LogP contribution >= 0.6 is 0 Å². The molecule has 4 aromatic carbocycles. The molecule has 0 saturated carbocycles. The molecule has 39 heavy (non-hydrogen) atoms. The van der Waals surface area contributed by atoms with Crippen molar-refractivity contribution in [1.29, 1.82) is 0 Å². The Balaban J connectivity index is 1.60. The maximum absolute atomic E-state index is 14.4. The SMILES string of the molecule is CC(C)(C)c1cc(-c2ncc3n4c(ccc24)-c2c(cccc2C(F)(F)F)-c2ccccc2-3)cc2ccccc12. The van der Waals surface area contributed by atoms with E-state index in [1.165, 1.54) is 23.1 Å². The van der Waals surface area contributed by atoms with Gasteiger partial charge in [-0.25, -0.2) is 0 Å². The van der Waals surface area contributed by atoms with E-state index in [0.29, 0.717) is 11.3 Å². The number of aromatic nitrogens is 2. The number of nitrogens with zero attached hydrogens (tertiary/aromatic N) is 2. The van der Waals surface area contributed by atoms with Crippen molar-refractivity contribution in [3.63, 3.8) is 0 Å². The standard InChI is InChI=1S/C34H25F3N2/c1-33(2,3)27-18-21(17-20-9-4-5-10-22(20)27)32-29-16-15-28-31-25(13-8-14-26(31)34(35,36)37)23-11-6-7-12-24(23)30(19-38-32)39(28)29/h4-19H,1-3H3. The van der Waals surface area contributed by atoms with Gasteiger partial charge in [0.05, 0.1) is 34.4 Å². The van der Waals surface area contributed by atoms with Crippen molar-refractivity contribution in [2.24, 2.45) is 0 Å². The van der Waals surface area contributed by atoms with Crippen LogP contribution < -0.4 is 0 Å². The van der Waals surface area contributed by atoms with Gasteiger partial charge in [-0.05, 0) is 63.2 Å². The van der Waals surface area contributed by atoms with Gasteiger partial charge in [-0.3, -0.25) is 4.98 Å². The smallest absolute Gasteiger partial charge is 0.305 e. The van der Waals surface area contributed by atoms with Gasteiger partial charge in [0.25, 0.3) is 0 Å². The summed E-state index contributed by atoms with van der Waals surface area (Å²) in [4.78, 5) is 4.96. The Bertz CT molecular complexity index is 1940. The second-order valence-electron chi connectivity index (χ2n) is 11.2. The monoisotopic (exact) mass is 518 g/mol. The van der Waals surface area contributed by atoms with Gasteiger partial charge in [0, 0.05) is 16.7 Å². The summed E-state index contributed by atoms with van der Waals surface area (Å²) in [7, 11) is 0. The number of hydrogen-bond acceptors (Lipinski definition) is 1. The molecule has 3 heterocycles. The largest absolute Gasteiger partial charge is 0.417 e. The average Bonchev–Trinajstić information content (AvgIpc) is 3.30. The van der Waals surface area contributed by atoms with Crippen LogP contribution in [-0.2, 0) is 11.6 Å². The molecule has 7 rings (SSSR count). The minimum atomic E-state index is -4.50. The minimum absolute atomic E-state index is 0.110. The molecule has 2 nitrogen and oxygen atoms in total. The Morgan fingerprint density at radius 3 is 2.15 bits per heavy atom. The fraction of sp³-hybridized carbons (Fsp3) is 0.147. The highest BCUT2D eigenvalue weighted by molar-refractivity contribution is 5.99. The first-order valence-electron chi connectivity index (χ1n) is 13.0. The van der Waals surface area contributed by atoms with Gasteiger partial charge in [0.2, 0.25) is 0 Å². The van der Waals surface area contributed by atoms with E-state index in [9.17, 15) is 13.2 Å². The van der Waals surface area contributed by atoms with Crippen molar-refractivity contribution in [2.45, 2.75) is 32.4 Å². The fourth-order valence-corrected chi connectivity index (χ4v) is 6.04. The predicted molar refractivity (Wildman–Crippen MR) is 152 cm³/mol. The molecule has 5 heteroatoms. The first-order valence-corrected chi connectivity index (χ1v) is 13.0. The van der Waals surface area contributed by atoms with Crippen LogP contribution in [0.25, 0.3) is 61.2 Å². The van der Waals surface area contributed by atoms with Gasteiger partial charge < -0.3 is 4.40 Å². The van der Waals surface area contributed by atoms with Crippen molar-refractivity contribution in [3.05, 3.63) is 108 Å². The Kier molecular flexibility index (Phi) is 4.90. The molecule has 0 N–H and O–H groups in total. The molecule has 0 amide bonds. The highest BCUT2D eigenvalue weighted by atomic mass is 19.4. The molecule has 0 fully saturated rings. The second kappa shape index (κ2) is 8.06. The van der Waals surface area contributed by atoms with Crippen molar-refractivity contribution in [1.82, 2.24) is 9.38 Å². The zero-order chi connectivity index (χ0) is 27.1.